The third-order valence-electron chi connectivity index (χ3n) is 6.64. The molecule has 1 heterocycles. The van der Waals surface area contributed by atoms with Crippen molar-refractivity contribution in [3.8, 4) is 5.75 Å². The SMILES string of the molecule is COc1ccc(CCC(=O)N2CCCN(C(=O)C3C(C=C(C)C)C3(C)C)CC2)cc1. The number of methoxy groups -OCH3 is 1. The number of hydrogen-bond acceptors (Lipinski definition) is 3. The molecule has 2 amide bonds. The van der Waals surface area contributed by atoms with Crippen LogP contribution in [0.15, 0.2) is 35.9 Å². The third kappa shape index (κ3) is 5.05. The lowest BCUT2D eigenvalue weighted by Gasteiger charge is -2.23. The lowest BCUT2D eigenvalue weighted by molar-refractivity contribution is -0.135. The molecule has 5 heteroatoms. The Morgan fingerprint density at radius 1 is 1.07 bits per heavy atom. The summed E-state index contributed by atoms with van der Waals surface area (Å²) in [4.78, 5) is 29.8. The third-order valence-corrected chi connectivity index (χ3v) is 6.64. The van der Waals surface area contributed by atoms with Crippen LogP contribution < -0.4 is 4.74 Å². The van der Waals surface area contributed by atoms with E-state index < -0.39 is 0 Å². The van der Waals surface area contributed by atoms with Crippen LogP contribution >= 0.6 is 0 Å². The average molecular weight is 413 g/mol. The molecule has 0 N–H and O–H groups in total. The molecule has 2 fully saturated rings. The number of nitrogens with zero attached hydrogens (tertiary/aromatic N) is 2. The quantitative estimate of drug-likeness (QED) is 0.665. The highest BCUT2D eigenvalue weighted by molar-refractivity contribution is 5.84. The molecule has 1 aliphatic heterocycles. The first-order valence-electron chi connectivity index (χ1n) is 11.1. The van der Waals surface area contributed by atoms with Crippen molar-refractivity contribution in [1.82, 2.24) is 9.80 Å². The molecular weight excluding hydrogens is 376 g/mol. The van der Waals surface area contributed by atoms with Gasteiger partial charge in [-0.25, -0.2) is 0 Å². The number of benzene rings is 1. The van der Waals surface area contributed by atoms with Gasteiger partial charge in [-0.15, -0.1) is 0 Å². The first-order valence-corrected chi connectivity index (χ1v) is 11.1. The zero-order valence-electron chi connectivity index (χ0n) is 19.1. The van der Waals surface area contributed by atoms with Crippen LogP contribution in [0.5, 0.6) is 5.75 Å². The second-order valence-corrected chi connectivity index (χ2v) is 9.48. The van der Waals surface area contributed by atoms with Crippen LogP contribution in [0.4, 0.5) is 0 Å². The largest absolute Gasteiger partial charge is 0.497 e. The Labute approximate surface area is 181 Å². The van der Waals surface area contributed by atoms with Gasteiger partial charge in [-0.2, -0.15) is 0 Å². The predicted octanol–water partition coefficient (Wildman–Crippen LogP) is 3.93. The first-order chi connectivity index (χ1) is 14.2. The summed E-state index contributed by atoms with van der Waals surface area (Å²) in [6, 6.07) is 7.87. The van der Waals surface area contributed by atoms with Crippen molar-refractivity contribution in [1.29, 1.82) is 0 Å². The fourth-order valence-corrected chi connectivity index (χ4v) is 4.61. The summed E-state index contributed by atoms with van der Waals surface area (Å²) < 4.78 is 5.18. The highest BCUT2D eigenvalue weighted by atomic mass is 16.5. The van der Waals surface area contributed by atoms with Crippen LogP contribution in [0, 0.1) is 17.3 Å². The molecule has 1 saturated heterocycles. The van der Waals surface area contributed by atoms with E-state index in [1.54, 1.807) is 7.11 Å². The van der Waals surface area contributed by atoms with E-state index in [0.717, 1.165) is 37.2 Å². The van der Waals surface area contributed by atoms with Crippen molar-refractivity contribution < 1.29 is 14.3 Å². The average Bonchev–Trinajstić information content (AvgIpc) is 3.34. The van der Waals surface area contributed by atoms with Crippen LogP contribution in [-0.4, -0.2) is 54.9 Å². The van der Waals surface area contributed by atoms with Gasteiger partial charge in [0, 0.05) is 32.6 Å². The Morgan fingerprint density at radius 3 is 2.33 bits per heavy atom. The molecule has 0 spiro atoms. The van der Waals surface area contributed by atoms with Gasteiger partial charge < -0.3 is 14.5 Å². The predicted molar refractivity (Wildman–Crippen MR) is 119 cm³/mol. The molecule has 2 aliphatic rings. The second-order valence-electron chi connectivity index (χ2n) is 9.48. The standard InChI is InChI=1S/C25H36N2O3/c1-18(2)17-21-23(25(21,3)4)24(29)27-14-6-13-26(15-16-27)22(28)12-9-19-7-10-20(30-5)11-8-19/h7-8,10-11,17,21,23H,6,9,12-16H2,1-5H3. The molecule has 1 aromatic rings. The lowest BCUT2D eigenvalue weighted by atomic mass is 10.1. The monoisotopic (exact) mass is 412 g/mol. The molecular formula is C25H36N2O3. The number of ether oxygens (including phenoxy) is 1. The van der Waals surface area contributed by atoms with Crippen molar-refractivity contribution in [3.05, 3.63) is 41.5 Å². The molecule has 0 bridgehead atoms. The van der Waals surface area contributed by atoms with E-state index in [2.05, 4.69) is 33.8 Å². The fourth-order valence-electron chi connectivity index (χ4n) is 4.61. The van der Waals surface area contributed by atoms with E-state index >= 15 is 0 Å². The van der Waals surface area contributed by atoms with Gasteiger partial charge >= 0.3 is 0 Å². The van der Waals surface area contributed by atoms with Crippen LogP contribution in [0.3, 0.4) is 0 Å². The van der Waals surface area contributed by atoms with Crippen LogP contribution in [0.2, 0.25) is 0 Å². The van der Waals surface area contributed by atoms with Gasteiger partial charge in [0.2, 0.25) is 11.8 Å². The van der Waals surface area contributed by atoms with Crippen molar-refractivity contribution >= 4 is 11.8 Å². The molecule has 2 atom stereocenters. The molecule has 30 heavy (non-hydrogen) atoms. The summed E-state index contributed by atoms with van der Waals surface area (Å²) in [6.45, 7) is 11.3. The maximum atomic E-state index is 13.1. The van der Waals surface area contributed by atoms with Crippen molar-refractivity contribution in [2.75, 3.05) is 33.3 Å². The van der Waals surface area contributed by atoms with E-state index in [0.29, 0.717) is 25.4 Å². The fraction of sp³-hybridized carbons (Fsp3) is 0.600. The second kappa shape index (κ2) is 9.23. The molecule has 164 valence electrons. The summed E-state index contributed by atoms with van der Waals surface area (Å²) in [7, 11) is 1.65. The zero-order chi connectivity index (χ0) is 21.9. The van der Waals surface area contributed by atoms with Gasteiger partial charge in [-0.3, -0.25) is 9.59 Å². The van der Waals surface area contributed by atoms with Crippen molar-refractivity contribution in [3.63, 3.8) is 0 Å². The van der Waals surface area contributed by atoms with Gasteiger partial charge in [0.25, 0.3) is 0 Å². The molecule has 3 rings (SSSR count). The van der Waals surface area contributed by atoms with Crippen LogP contribution in [0.1, 0.15) is 46.1 Å². The maximum Gasteiger partial charge on any atom is 0.226 e. The Kier molecular flexibility index (Phi) is 6.89. The first kappa shape index (κ1) is 22.4. The summed E-state index contributed by atoms with van der Waals surface area (Å²) in [5.74, 6) is 1.67. The summed E-state index contributed by atoms with van der Waals surface area (Å²) in [6.07, 6.45) is 4.32. The number of hydrogen-bond donors (Lipinski definition) is 0. The van der Waals surface area contributed by atoms with Crippen molar-refractivity contribution in [2.45, 2.75) is 47.0 Å². The normalized spacial score (nSPS) is 22.8. The van der Waals surface area contributed by atoms with Gasteiger partial charge in [-0.05, 0) is 55.7 Å². The molecule has 0 radical (unpaired) electrons. The van der Waals surface area contributed by atoms with Crippen LogP contribution in [-0.2, 0) is 16.0 Å². The van der Waals surface area contributed by atoms with Crippen LogP contribution in [0.25, 0.3) is 0 Å². The summed E-state index contributed by atoms with van der Waals surface area (Å²) >= 11 is 0. The molecule has 1 aromatic carbocycles. The van der Waals surface area contributed by atoms with E-state index in [-0.39, 0.29) is 23.1 Å². The van der Waals surface area contributed by atoms with Gasteiger partial charge in [0.1, 0.15) is 5.75 Å². The Morgan fingerprint density at radius 2 is 1.70 bits per heavy atom. The minimum absolute atomic E-state index is 0.0362. The lowest BCUT2D eigenvalue weighted by Crippen LogP contribution is -2.38. The van der Waals surface area contributed by atoms with E-state index in [1.807, 2.05) is 34.1 Å². The van der Waals surface area contributed by atoms with E-state index in [4.69, 9.17) is 4.74 Å². The Balaban J connectivity index is 1.51. The zero-order valence-corrected chi connectivity index (χ0v) is 19.1. The van der Waals surface area contributed by atoms with Gasteiger partial charge in [0.15, 0.2) is 0 Å². The molecule has 1 aliphatic carbocycles. The minimum atomic E-state index is 0.0362. The Hall–Kier alpha value is -2.30. The highest BCUT2D eigenvalue weighted by Gasteiger charge is 2.61. The van der Waals surface area contributed by atoms with Gasteiger partial charge in [-0.1, -0.05) is 37.6 Å². The topological polar surface area (TPSA) is 49.9 Å². The number of aryl methyl sites for hydroxylation is 1. The number of amides is 2. The number of carbonyl (C=O) groups is 2. The number of allylic oxidation sites excluding steroid dienone is 2. The highest BCUT2D eigenvalue weighted by Crippen LogP contribution is 2.60. The smallest absolute Gasteiger partial charge is 0.226 e. The molecule has 0 aromatic heterocycles. The number of carbonyl (C=O) groups excluding carboxylic acids is 2. The maximum absolute atomic E-state index is 13.1. The molecule has 2 unspecified atom stereocenters. The summed E-state index contributed by atoms with van der Waals surface area (Å²) in [5, 5.41) is 0. The Bertz CT molecular complexity index is 793. The van der Waals surface area contributed by atoms with E-state index in [9.17, 15) is 9.59 Å². The minimum Gasteiger partial charge on any atom is -0.497 e. The van der Waals surface area contributed by atoms with E-state index in [1.165, 1.54) is 5.57 Å². The van der Waals surface area contributed by atoms with Crippen molar-refractivity contribution in [2.24, 2.45) is 17.3 Å². The molecule has 1 saturated carbocycles. The molecule has 5 nitrogen and oxygen atoms in total. The number of rotatable bonds is 6. The summed E-state index contributed by atoms with van der Waals surface area (Å²) in [5.41, 5.74) is 2.44. The van der Waals surface area contributed by atoms with Gasteiger partial charge in [0.05, 0.1) is 13.0 Å².